The molecule has 0 aliphatic heterocycles. The molecule has 0 bridgehead atoms. The molecule has 2 aromatic rings. The first kappa shape index (κ1) is 14.5. The van der Waals surface area contributed by atoms with E-state index in [0.29, 0.717) is 17.8 Å². The minimum absolute atomic E-state index is 0.108. The van der Waals surface area contributed by atoms with Crippen LogP contribution in [0.25, 0.3) is 0 Å². The average Bonchev–Trinajstić information content (AvgIpc) is 2.46. The van der Waals surface area contributed by atoms with Gasteiger partial charge in [0.1, 0.15) is 0 Å². The number of nitro groups is 1. The molecular weight excluding hydrogens is 272 g/mol. The van der Waals surface area contributed by atoms with Gasteiger partial charge in [-0.3, -0.25) is 10.1 Å². The summed E-state index contributed by atoms with van der Waals surface area (Å²) in [5.74, 6) is -1.19. The van der Waals surface area contributed by atoms with Gasteiger partial charge in [0.25, 0.3) is 5.69 Å². The van der Waals surface area contributed by atoms with Gasteiger partial charge in [-0.05, 0) is 18.6 Å². The summed E-state index contributed by atoms with van der Waals surface area (Å²) in [5.41, 5.74) is 1.56. The van der Waals surface area contributed by atoms with Gasteiger partial charge >= 0.3 is 5.97 Å². The van der Waals surface area contributed by atoms with Crippen molar-refractivity contribution in [3.8, 4) is 0 Å². The molecule has 0 aliphatic rings. The molecule has 2 aromatic carbocycles. The fraction of sp³-hybridized carbons (Fsp3) is 0.133. The molecule has 6 nitrogen and oxygen atoms in total. The van der Waals surface area contributed by atoms with E-state index in [0.717, 1.165) is 11.6 Å². The molecule has 0 aliphatic carbocycles. The number of benzene rings is 2. The molecule has 2 N–H and O–H groups in total. The summed E-state index contributed by atoms with van der Waals surface area (Å²) in [7, 11) is 0. The van der Waals surface area contributed by atoms with Crippen molar-refractivity contribution in [1.29, 1.82) is 0 Å². The lowest BCUT2D eigenvalue weighted by molar-refractivity contribution is -0.385. The van der Waals surface area contributed by atoms with Crippen molar-refractivity contribution >= 4 is 17.3 Å². The van der Waals surface area contributed by atoms with Crippen LogP contribution in [0.4, 0.5) is 11.4 Å². The molecule has 0 amide bonds. The topological polar surface area (TPSA) is 92.5 Å². The minimum Gasteiger partial charge on any atom is -0.478 e. The van der Waals surface area contributed by atoms with E-state index in [1.165, 1.54) is 6.07 Å². The molecule has 0 radical (unpaired) electrons. The standard InChI is InChI=1S/C15H14N2O4/c1-10-13(16-9-11-5-3-2-4-6-11)7-12(15(18)19)8-14(10)17(20)21/h2-8,16H,9H2,1H3,(H,18,19). The highest BCUT2D eigenvalue weighted by molar-refractivity contribution is 5.90. The van der Waals surface area contributed by atoms with Gasteiger partial charge < -0.3 is 10.4 Å². The second-order valence-corrected chi connectivity index (χ2v) is 4.57. The number of nitrogens with one attached hydrogen (secondary N) is 1. The highest BCUT2D eigenvalue weighted by Gasteiger charge is 2.18. The number of carbonyl (C=O) groups is 1. The highest BCUT2D eigenvalue weighted by atomic mass is 16.6. The van der Waals surface area contributed by atoms with E-state index >= 15 is 0 Å². The van der Waals surface area contributed by atoms with Gasteiger partial charge in [-0.2, -0.15) is 0 Å². The summed E-state index contributed by atoms with van der Waals surface area (Å²) in [5, 5.41) is 23.1. The number of aromatic carboxylic acids is 1. The molecule has 0 saturated carbocycles. The van der Waals surface area contributed by atoms with Gasteiger partial charge in [-0.25, -0.2) is 4.79 Å². The Morgan fingerprint density at radius 3 is 2.52 bits per heavy atom. The number of nitrogens with zero attached hydrogens (tertiary/aromatic N) is 1. The third-order valence-corrected chi connectivity index (χ3v) is 3.15. The maximum atomic E-state index is 11.1. The predicted molar refractivity (Wildman–Crippen MR) is 78.6 cm³/mol. The number of anilines is 1. The van der Waals surface area contributed by atoms with E-state index in [1.807, 2.05) is 30.3 Å². The van der Waals surface area contributed by atoms with Crippen LogP contribution in [-0.4, -0.2) is 16.0 Å². The maximum Gasteiger partial charge on any atom is 0.336 e. The number of nitro benzene ring substituents is 1. The van der Waals surface area contributed by atoms with Gasteiger partial charge in [-0.1, -0.05) is 30.3 Å². The first-order chi connectivity index (χ1) is 9.99. The largest absolute Gasteiger partial charge is 0.478 e. The van der Waals surface area contributed by atoms with E-state index in [-0.39, 0.29) is 11.3 Å². The summed E-state index contributed by atoms with van der Waals surface area (Å²) in [6.07, 6.45) is 0. The van der Waals surface area contributed by atoms with Crippen LogP contribution >= 0.6 is 0 Å². The van der Waals surface area contributed by atoms with Crippen LogP contribution in [-0.2, 0) is 6.54 Å². The number of rotatable bonds is 5. The van der Waals surface area contributed by atoms with Crippen LogP contribution in [0.5, 0.6) is 0 Å². The Balaban J connectivity index is 2.33. The Labute approximate surface area is 121 Å². The van der Waals surface area contributed by atoms with Crippen molar-refractivity contribution in [3.63, 3.8) is 0 Å². The molecule has 0 spiro atoms. The Morgan fingerprint density at radius 2 is 1.95 bits per heavy atom. The summed E-state index contributed by atoms with van der Waals surface area (Å²) in [4.78, 5) is 21.5. The zero-order valence-electron chi connectivity index (χ0n) is 11.4. The van der Waals surface area contributed by atoms with Crippen LogP contribution in [0.2, 0.25) is 0 Å². The lowest BCUT2D eigenvalue weighted by atomic mass is 10.1. The van der Waals surface area contributed by atoms with Crippen LogP contribution in [0.3, 0.4) is 0 Å². The maximum absolute atomic E-state index is 11.1. The third kappa shape index (κ3) is 3.36. The van der Waals surface area contributed by atoms with Gasteiger partial charge in [0.15, 0.2) is 0 Å². The number of carboxylic acid groups (broad SMARTS) is 1. The molecule has 0 saturated heterocycles. The zero-order valence-corrected chi connectivity index (χ0v) is 11.4. The smallest absolute Gasteiger partial charge is 0.336 e. The van der Waals surface area contributed by atoms with Gasteiger partial charge in [0.2, 0.25) is 0 Å². The zero-order chi connectivity index (χ0) is 15.4. The monoisotopic (exact) mass is 286 g/mol. The molecule has 0 heterocycles. The van der Waals surface area contributed by atoms with E-state index in [1.54, 1.807) is 6.92 Å². The average molecular weight is 286 g/mol. The molecule has 108 valence electrons. The molecule has 6 heteroatoms. The molecule has 21 heavy (non-hydrogen) atoms. The highest BCUT2D eigenvalue weighted by Crippen LogP contribution is 2.28. The SMILES string of the molecule is Cc1c(NCc2ccccc2)cc(C(=O)O)cc1[N+](=O)[O-]. The van der Waals surface area contributed by atoms with Crippen molar-refractivity contribution in [2.75, 3.05) is 5.32 Å². The Kier molecular flexibility index (Phi) is 4.18. The quantitative estimate of drug-likeness (QED) is 0.650. The molecule has 0 atom stereocenters. The first-order valence-electron chi connectivity index (χ1n) is 6.29. The first-order valence-corrected chi connectivity index (χ1v) is 6.29. The predicted octanol–water partition coefficient (Wildman–Crippen LogP) is 3.21. The van der Waals surface area contributed by atoms with Gasteiger partial charge in [0.05, 0.1) is 10.5 Å². The summed E-state index contributed by atoms with van der Waals surface area (Å²) >= 11 is 0. The molecule has 0 fully saturated rings. The lowest BCUT2D eigenvalue weighted by Gasteiger charge is -2.11. The molecule has 0 unspecified atom stereocenters. The van der Waals surface area contributed by atoms with E-state index in [2.05, 4.69) is 5.32 Å². The van der Waals surface area contributed by atoms with Crippen molar-refractivity contribution < 1.29 is 14.8 Å². The normalized spacial score (nSPS) is 10.1. The Hall–Kier alpha value is -2.89. The van der Waals surface area contributed by atoms with E-state index in [9.17, 15) is 14.9 Å². The van der Waals surface area contributed by atoms with E-state index < -0.39 is 10.9 Å². The molecule has 2 rings (SSSR count). The fourth-order valence-corrected chi connectivity index (χ4v) is 1.99. The van der Waals surface area contributed by atoms with Gasteiger partial charge in [-0.15, -0.1) is 0 Å². The second-order valence-electron chi connectivity index (χ2n) is 4.57. The number of hydrogen-bond donors (Lipinski definition) is 2. The van der Waals surface area contributed by atoms with Crippen LogP contribution < -0.4 is 5.32 Å². The van der Waals surface area contributed by atoms with E-state index in [4.69, 9.17) is 5.11 Å². The van der Waals surface area contributed by atoms with Crippen LogP contribution in [0.15, 0.2) is 42.5 Å². The summed E-state index contributed by atoms with van der Waals surface area (Å²) < 4.78 is 0. The fourth-order valence-electron chi connectivity index (χ4n) is 1.99. The Morgan fingerprint density at radius 1 is 1.29 bits per heavy atom. The molecular formula is C15H14N2O4. The number of hydrogen-bond acceptors (Lipinski definition) is 4. The van der Waals surface area contributed by atoms with Crippen molar-refractivity contribution in [1.82, 2.24) is 0 Å². The minimum atomic E-state index is -1.19. The van der Waals surface area contributed by atoms with Crippen LogP contribution in [0.1, 0.15) is 21.5 Å². The molecule has 0 aromatic heterocycles. The lowest BCUT2D eigenvalue weighted by Crippen LogP contribution is -2.06. The van der Waals surface area contributed by atoms with Crippen LogP contribution in [0, 0.1) is 17.0 Å². The van der Waals surface area contributed by atoms with Crippen molar-refractivity contribution in [2.45, 2.75) is 13.5 Å². The van der Waals surface area contributed by atoms with Crippen molar-refractivity contribution in [3.05, 3.63) is 69.3 Å². The summed E-state index contributed by atoms with van der Waals surface area (Å²) in [6, 6.07) is 12.0. The number of carboxylic acids is 1. The third-order valence-electron chi connectivity index (χ3n) is 3.15. The second kappa shape index (κ2) is 6.04. The Bertz CT molecular complexity index is 684. The van der Waals surface area contributed by atoms with Crippen molar-refractivity contribution in [2.24, 2.45) is 0 Å². The van der Waals surface area contributed by atoms with Gasteiger partial charge in [0, 0.05) is 23.9 Å². The summed E-state index contributed by atoms with van der Waals surface area (Å²) in [6.45, 7) is 2.05.